The second-order valence-corrected chi connectivity index (χ2v) is 7.82. The van der Waals surface area contributed by atoms with E-state index in [1.54, 1.807) is 0 Å². The Balaban J connectivity index is 2.23. The van der Waals surface area contributed by atoms with Crippen LogP contribution in [0.4, 0.5) is 17.6 Å². The summed E-state index contributed by atoms with van der Waals surface area (Å²) in [5.41, 5.74) is -0.286. The van der Waals surface area contributed by atoms with Gasteiger partial charge < -0.3 is 0 Å². The number of nitriles is 1. The molecule has 28 heavy (non-hydrogen) atoms. The van der Waals surface area contributed by atoms with Crippen LogP contribution < -0.4 is 0 Å². The number of rotatable bonds is 4. The van der Waals surface area contributed by atoms with Crippen LogP contribution in [0.1, 0.15) is 17.7 Å². The van der Waals surface area contributed by atoms with Gasteiger partial charge in [0.2, 0.25) is 0 Å². The molecule has 0 saturated carbocycles. The Morgan fingerprint density at radius 3 is 2.11 bits per heavy atom. The van der Waals surface area contributed by atoms with Crippen molar-refractivity contribution >= 4 is 9.84 Å². The minimum atomic E-state index is -4.16. The SMILES string of the molecule is CS(=O)(=O)c1c(F)cc(-c2cc(C(F)F)nn2-c2ccc(C#N)cc2)cc1F. The molecule has 0 saturated heterocycles. The van der Waals surface area contributed by atoms with Gasteiger partial charge in [-0.25, -0.2) is 30.7 Å². The van der Waals surface area contributed by atoms with Crippen molar-refractivity contribution in [2.45, 2.75) is 11.3 Å². The number of halogens is 4. The lowest BCUT2D eigenvalue weighted by molar-refractivity contribution is 0.145. The predicted molar refractivity (Wildman–Crippen MR) is 91.7 cm³/mol. The van der Waals surface area contributed by atoms with Crippen molar-refractivity contribution in [2.75, 3.05) is 6.26 Å². The molecular formula is C18H11F4N3O2S. The van der Waals surface area contributed by atoms with Crippen LogP contribution in [0.2, 0.25) is 0 Å². The predicted octanol–water partition coefficient (Wildman–Crippen LogP) is 4.03. The lowest BCUT2D eigenvalue weighted by Crippen LogP contribution is -2.06. The molecule has 1 aromatic heterocycles. The summed E-state index contributed by atoms with van der Waals surface area (Å²) in [5, 5.41) is 12.6. The average molecular weight is 409 g/mol. The third kappa shape index (κ3) is 3.61. The van der Waals surface area contributed by atoms with Crippen LogP contribution in [0.5, 0.6) is 0 Å². The number of sulfone groups is 1. The molecule has 0 fully saturated rings. The van der Waals surface area contributed by atoms with Crippen LogP contribution in [-0.2, 0) is 9.84 Å². The van der Waals surface area contributed by atoms with E-state index >= 15 is 0 Å². The van der Waals surface area contributed by atoms with Crippen molar-refractivity contribution in [3.63, 3.8) is 0 Å². The number of benzene rings is 2. The molecule has 1 heterocycles. The Morgan fingerprint density at radius 1 is 1.07 bits per heavy atom. The molecule has 0 bridgehead atoms. The van der Waals surface area contributed by atoms with Crippen LogP contribution in [0.25, 0.3) is 16.9 Å². The van der Waals surface area contributed by atoms with Gasteiger partial charge in [0, 0.05) is 11.8 Å². The van der Waals surface area contributed by atoms with Gasteiger partial charge in [0.15, 0.2) is 9.84 Å². The first kappa shape index (κ1) is 19.6. The van der Waals surface area contributed by atoms with Crippen LogP contribution in [0.15, 0.2) is 47.4 Å². The summed E-state index contributed by atoms with van der Waals surface area (Å²) >= 11 is 0. The molecule has 0 amide bonds. The Kier molecular flexibility index (Phi) is 4.95. The molecule has 144 valence electrons. The lowest BCUT2D eigenvalue weighted by atomic mass is 10.1. The number of hydrogen-bond donors (Lipinski definition) is 0. The van der Waals surface area contributed by atoms with Crippen molar-refractivity contribution in [2.24, 2.45) is 0 Å². The Bertz CT molecular complexity index is 1170. The zero-order valence-corrected chi connectivity index (χ0v) is 15.0. The molecule has 3 aromatic rings. The molecule has 2 aromatic carbocycles. The highest BCUT2D eigenvalue weighted by molar-refractivity contribution is 7.90. The third-order valence-electron chi connectivity index (χ3n) is 3.86. The summed E-state index contributed by atoms with van der Waals surface area (Å²) in [6.45, 7) is 0. The lowest BCUT2D eigenvalue weighted by Gasteiger charge is -2.10. The van der Waals surface area contributed by atoms with Gasteiger partial charge in [-0.05, 0) is 42.5 Å². The summed E-state index contributed by atoms with van der Waals surface area (Å²) in [6, 6.07) is 10.1. The van der Waals surface area contributed by atoms with Crippen molar-refractivity contribution < 1.29 is 26.0 Å². The molecule has 3 rings (SSSR count). The monoisotopic (exact) mass is 409 g/mol. The fourth-order valence-corrected chi connectivity index (χ4v) is 3.47. The Morgan fingerprint density at radius 2 is 1.64 bits per heavy atom. The highest BCUT2D eigenvalue weighted by atomic mass is 32.2. The zero-order valence-electron chi connectivity index (χ0n) is 14.2. The van der Waals surface area contributed by atoms with Crippen LogP contribution in [-0.4, -0.2) is 24.5 Å². The molecule has 0 N–H and O–H groups in total. The van der Waals surface area contributed by atoms with Crippen molar-refractivity contribution in [3.05, 3.63) is 65.4 Å². The molecule has 0 unspecified atom stereocenters. The second kappa shape index (κ2) is 7.09. The maximum absolute atomic E-state index is 14.3. The van der Waals surface area contributed by atoms with Gasteiger partial charge in [-0.3, -0.25) is 0 Å². The Labute approximate surface area is 157 Å². The van der Waals surface area contributed by atoms with Gasteiger partial charge in [0.1, 0.15) is 22.2 Å². The van der Waals surface area contributed by atoms with E-state index in [2.05, 4.69) is 5.10 Å². The van der Waals surface area contributed by atoms with E-state index in [9.17, 15) is 26.0 Å². The molecule has 0 spiro atoms. The average Bonchev–Trinajstić information content (AvgIpc) is 3.05. The van der Waals surface area contributed by atoms with Crippen molar-refractivity contribution in [1.82, 2.24) is 9.78 Å². The van der Waals surface area contributed by atoms with Gasteiger partial charge in [-0.2, -0.15) is 10.4 Å². The van der Waals surface area contributed by atoms with E-state index in [0.717, 1.165) is 22.9 Å². The van der Waals surface area contributed by atoms with E-state index in [1.165, 1.54) is 24.3 Å². The van der Waals surface area contributed by atoms with E-state index in [1.807, 2.05) is 6.07 Å². The van der Waals surface area contributed by atoms with Crippen molar-refractivity contribution in [3.8, 4) is 23.0 Å². The largest absolute Gasteiger partial charge is 0.282 e. The minimum absolute atomic E-state index is 0.0714. The first-order chi connectivity index (χ1) is 13.1. The molecule has 0 aliphatic rings. The van der Waals surface area contributed by atoms with Gasteiger partial charge in [0.25, 0.3) is 6.43 Å². The maximum atomic E-state index is 14.3. The quantitative estimate of drug-likeness (QED) is 0.610. The van der Waals surface area contributed by atoms with E-state index < -0.39 is 38.5 Å². The van der Waals surface area contributed by atoms with Gasteiger partial charge >= 0.3 is 0 Å². The van der Waals surface area contributed by atoms with Gasteiger partial charge in [-0.15, -0.1) is 0 Å². The van der Waals surface area contributed by atoms with E-state index in [4.69, 9.17) is 5.26 Å². The molecule has 0 aliphatic carbocycles. The smallest absolute Gasteiger partial charge is 0.233 e. The standard InChI is InChI=1S/C18H11F4N3O2S/c1-28(26,27)17-13(19)6-11(7-14(17)20)16-8-15(18(21)22)24-25(16)12-4-2-10(9-23)3-5-12/h2-8,18H,1H3. The summed E-state index contributed by atoms with van der Waals surface area (Å²) in [5.74, 6) is -2.69. The fourth-order valence-electron chi connectivity index (χ4n) is 2.65. The number of hydrogen-bond acceptors (Lipinski definition) is 4. The first-order valence-electron chi connectivity index (χ1n) is 7.70. The molecule has 0 atom stereocenters. The second-order valence-electron chi connectivity index (χ2n) is 5.87. The fraction of sp³-hybridized carbons (Fsp3) is 0.111. The summed E-state index contributed by atoms with van der Waals surface area (Å²) < 4.78 is 78.9. The molecular weight excluding hydrogens is 398 g/mol. The highest BCUT2D eigenvalue weighted by Gasteiger charge is 2.24. The van der Waals surface area contributed by atoms with E-state index in [0.29, 0.717) is 11.8 Å². The Hall–Kier alpha value is -3.19. The topological polar surface area (TPSA) is 75.8 Å². The summed E-state index contributed by atoms with van der Waals surface area (Å²) in [6.07, 6.45) is -2.28. The molecule has 10 heteroatoms. The molecule has 0 aliphatic heterocycles. The number of nitrogens with zero attached hydrogens (tertiary/aromatic N) is 3. The van der Waals surface area contributed by atoms with Crippen LogP contribution >= 0.6 is 0 Å². The highest BCUT2D eigenvalue weighted by Crippen LogP contribution is 2.31. The summed E-state index contributed by atoms with van der Waals surface area (Å²) in [7, 11) is -4.16. The van der Waals surface area contributed by atoms with Crippen LogP contribution in [0.3, 0.4) is 0 Å². The summed E-state index contributed by atoms with van der Waals surface area (Å²) in [4.78, 5) is -1.10. The zero-order chi connectivity index (χ0) is 20.6. The number of aromatic nitrogens is 2. The van der Waals surface area contributed by atoms with E-state index in [-0.39, 0.29) is 16.9 Å². The minimum Gasteiger partial charge on any atom is -0.233 e. The number of alkyl halides is 2. The van der Waals surface area contributed by atoms with Gasteiger partial charge in [0.05, 0.1) is 23.0 Å². The molecule has 5 nitrogen and oxygen atoms in total. The van der Waals surface area contributed by atoms with Crippen molar-refractivity contribution in [1.29, 1.82) is 5.26 Å². The maximum Gasteiger partial charge on any atom is 0.282 e. The normalized spacial score (nSPS) is 11.6. The van der Waals surface area contributed by atoms with Gasteiger partial charge in [-0.1, -0.05) is 0 Å². The molecule has 0 radical (unpaired) electrons. The first-order valence-corrected chi connectivity index (χ1v) is 9.59. The van der Waals surface area contributed by atoms with Crippen LogP contribution in [0, 0.1) is 23.0 Å². The third-order valence-corrected chi connectivity index (χ3v) is 4.99.